The number of carbonyl (C=O) groups excluding carboxylic acids is 2. The summed E-state index contributed by atoms with van der Waals surface area (Å²) < 4.78 is 69.3. The molecule has 2 aliphatic heterocycles. The van der Waals surface area contributed by atoms with Gasteiger partial charge in [-0.15, -0.1) is 13.2 Å². The average molecular weight is 567 g/mol. The third-order valence-corrected chi connectivity index (χ3v) is 8.81. The molecular weight excluding hydrogens is 537 g/mol. The number of anilines is 1. The Morgan fingerprint density at radius 1 is 1.18 bits per heavy atom. The van der Waals surface area contributed by atoms with E-state index in [2.05, 4.69) is 20.4 Å². The smallest absolute Gasteiger partial charge is 0.406 e. The van der Waals surface area contributed by atoms with Crippen molar-refractivity contribution in [3.8, 4) is 5.75 Å². The quantitative estimate of drug-likeness (QED) is 0.507. The summed E-state index contributed by atoms with van der Waals surface area (Å²) in [6, 6.07) is 10.5. The van der Waals surface area contributed by atoms with Gasteiger partial charge in [0.1, 0.15) is 17.1 Å². The van der Waals surface area contributed by atoms with Crippen molar-refractivity contribution >= 4 is 33.4 Å². The van der Waals surface area contributed by atoms with E-state index >= 15 is 0 Å². The number of aliphatic imine (C=N–C) groups is 1. The summed E-state index contributed by atoms with van der Waals surface area (Å²) >= 11 is 0. The maximum absolute atomic E-state index is 13.1. The van der Waals surface area contributed by atoms with Crippen LogP contribution in [0.3, 0.4) is 0 Å². The predicted octanol–water partition coefficient (Wildman–Crippen LogP) is 3.53. The number of nitrogens with one attached hydrogen (secondary N) is 2. The van der Waals surface area contributed by atoms with Crippen molar-refractivity contribution in [2.24, 2.45) is 4.99 Å². The summed E-state index contributed by atoms with van der Waals surface area (Å²) in [7, 11) is -3.65. The van der Waals surface area contributed by atoms with Gasteiger partial charge < -0.3 is 15.4 Å². The van der Waals surface area contributed by atoms with Crippen LogP contribution in [0.1, 0.15) is 42.9 Å². The lowest BCUT2D eigenvalue weighted by atomic mass is 9.89. The highest BCUT2D eigenvalue weighted by molar-refractivity contribution is 7.89. The van der Waals surface area contributed by atoms with Crippen LogP contribution in [0.2, 0.25) is 0 Å². The molecule has 1 spiro atoms. The number of halogens is 3. The highest BCUT2D eigenvalue weighted by Gasteiger charge is 2.47. The normalized spacial score (nSPS) is 17.6. The molecule has 1 saturated heterocycles. The number of aryl methyl sites for hydroxylation is 1. The molecule has 13 heteroatoms. The van der Waals surface area contributed by atoms with Crippen LogP contribution in [0, 0.1) is 6.92 Å². The van der Waals surface area contributed by atoms with Crippen LogP contribution in [0.4, 0.5) is 18.9 Å². The Hall–Kier alpha value is -3.45. The number of nitrogens with zero attached hydrogens (tertiary/aromatic N) is 2. The monoisotopic (exact) mass is 566 g/mol. The molecular formula is C26H29F3N4O5S. The van der Waals surface area contributed by atoms with E-state index in [1.54, 1.807) is 19.1 Å². The van der Waals surface area contributed by atoms with Crippen molar-refractivity contribution in [2.45, 2.75) is 51.4 Å². The number of hydrogen-bond acceptors (Lipinski definition) is 6. The van der Waals surface area contributed by atoms with Gasteiger partial charge >= 0.3 is 6.36 Å². The molecule has 2 amide bonds. The van der Waals surface area contributed by atoms with Crippen LogP contribution in [-0.2, 0) is 26.0 Å². The van der Waals surface area contributed by atoms with Crippen molar-refractivity contribution in [2.75, 3.05) is 24.2 Å². The second-order valence-electron chi connectivity index (χ2n) is 9.48. The molecule has 2 aromatic carbocycles. The Bertz CT molecular complexity index is 1400. The van der Waals surface area contributed by atoms with Crippen LogP contribution < -0.4 is 15.4 Å². The Balaban J connectivity index is 1.41. The van der Waals surface area contributed by atoms with E-state index in [9.17, 15) is 31.2 Å². The maximum Gasteiger partial charge on any atom is 0.573 e. The molecule has 9 nitrogen and oxygen atoms in total. The lowest BCUT2D eigenvalue weighted by molar-refractivity contribution is -0.274. The molecule has 39 heavy (non-hydrogen) atoms. The number of alkyl halides is 3. The molecule has 2 N–H and O–H groups in total. The number of piperidine rings is 1. The number of benzene rings is 2. The van der Waals surface area contributed by atoms with Crippen molar-refractivity contribution in [1.29, 1.82) is 0 Å². The molecule has 0 atom stereocenters. The lowest BCUT2D eigenvalue weighted by Gasteiger charge is -2.34. The van der Waals surface area contributed by atoms with E-state index in [4.69, 9.17) is 0 Å². The number of amidine groups is 1. The van der Waals surface area contributed by atoms with Crippen LogP contribution in [0.25, 0.3) is 0 Å². The first-order valence-corrected chi connectivity index (χ1v) is 14.1. The number of rotatable bonds is 8. The Kier molecular flexibility index (Phi) is 8.03. The molecule has 0 aliphatic carbocycles. The minimum Gasteiger partial charge on any atom is -0.406 e. The average Bonchev–Trinajstić information content (AvgIpc) is 3.19. The fourth-order valence-corrected chi connectivity index (χ4v) is 6.14. The summed E-state index contributed by atoms with van der Waals surface area (Å²) in [6.07, 6.45) is -4.00. The van der Waals surface area contributed by atoms with Gasteiger partial charge in [-0.05, 0) is 55.5 Å². The number of sulfonamides is 1. The molecule has 210 valence electrons. The fourth-order valence-electron chi connectivity index (χ4n) is 4.66. The van der Waals surface area contributed by atoms with Gasteiger partial charge in [0.25, 0.3) is 5.91 Å². The number of ether oxygens (including phenoxy) is 1. The summed E-state index contributed by atoms with van der Waals surface area (Å²) in [5.74, 6) is -1.01. The third-order valence-electron chi connectivity index (χ3n) is 6.93. The van der Waals surface area contributed by atoms with Gasteiger partial charge in [0.05, 0.1) is 5.75 Å². The molecule has 2 aromatic rings. The van der Waals surface area contributed by atoms with Gasteiger partial charge in [0.2, 0.25) is 15.9 Å². The first-order chi connectivity index (χ1) is 18.3. The fraction of sp³-hybridized carbons (Fsp3) is 0.423. The molecule has 4 rings (SSSR count). The van der Waals surface area contributed by atoms with E-state index in [0.29, 0.717) is 12.1 Å². The van der Waals surface area contributed by atoms with Gasteiger partial charge in [-0.25, -0.2) is 12.7 Å². The number of hydrogen-bond donors (Lipinski definition) is 2. The second kappa shape index (κ2) is 11.0. The van der Waals surface area contributed by atoms with Gasteiger partial charge in [-0.2, -0.15) is 0 Å². The minimum atomic E-state index is -4.86. The molecule has 0 aromatic heterocycles. The molecule has 0 bridgehead atoms. The first-order valence-electron chi connectivity index (χ1n) is 12.5. The molecule has 0 saturated carbocycles. The zero-order chi connectivity index (χ0) is 28.4. The number of carbonyl (C=O) groups is 2. The SMILES string of the molecule is CCC(=O)Nc1cccc(CCS(=O)(=O)N2CCC3(CC2)N=C(c2cccc(OC(F)(F)F)c2)NC3=O)c1C. The summed E-state index contributed by atoms with van der Waals surface area (Å²) in [6.45, 7) is 3.73. The highest BCUT2D eigenvalue weighted by atomic mass is 32.2. The van der Waals surface area contributed by atoms with Gasteiger partial charge in [0.15, 0.2) is 0 Å². The number of amides is 2. The van der Waals surface area contributed by atoms with E-state index in [0.717, 1.165) is 23.3 Å². The minimum absolute atomic E-state index is 0.0787. The zero-order valence-electron chi connectivity index (χ0n) is 21.5. The molecule has 0 unspecified atom stereocenters. The largest absolute Gasteiger partial charge is 0.573 e. The van der Waals surface area contributed by atoms with E-state index in [1.165, 1.54) is 16.4 Å². The summed E-state index contributed by atoms with van der Waals surface area (Å²) in [5.41, 5.74) is 1.33. The molecule has 2 heterocycles. The molecule has 1 fully saturated rings. The van der Waals surface area contributed by atoms with E-state index < -0.39 is 33.6 Å². The van der Waals surface area contributed by atoms with Crippen LogP contribution >= 0.6 is 0 Å². The lowest BCUT2D eigenvalue weighted by Crippen LogP contribution is -2.50. The highest BCUT2D eigenvalue weighted by Crippen LogP contribution is 2.33. The van der Waals surface area contributed by atoms with Gasteiger partial charge in [0, 0.05) is 30.8 Å². The van der Waals surface area contributed by atoms with Crippen molar-refractivity contribution in [3.05, 3.63) is 59.2 Å². The molecule has 0 radical (unpaired) electrons. The van der Waals surface area contributed by atoms with Crippen molar-refractivity contribution in [1.82, 2.24) is 9.62 Å². The maximum atomic E-state index is 13.1. The Labute approximate surface area is 224 Å². The standard InChI is InChI=1S/C26H29F3N4O5S/c1-3-22(34)30-21-9-5-6-18(17(21)2)10-15-39(36,37)33-13-11-25(12-14-33)24(35)31-23(32-25)19-7-4-8-20(16-19)38-26(27,28)29/h4-9,16H,3,10-15H2,1-2H3,(H,30,34)(H,31,32,35). The van der Waals surface area contributed by atoms with Crippen LogP contribution in [0.15, 0.2) is 47.5 Å². The Morgan fingerprint density at radius 3 is 2.54 bits per heavy atom. The van der Waals surface area contributed by atoms with E-state index in [1.807, 2.05) is 13.0 Å². The summed E-state index contributed by atoms with van der Waals surface area (Å²) in [5, 5.41) is 5.44. The topological polar surface area (TPSA) is 117 Å². The van der Waals surface area contributed by atoms with Crippen molar-refractivity contribution < 1.29 is 35.9 Å². The van der Waals surface area contributed by atoms with Gasteiger partial charge in [-0.1, -0.05) is 31.2 Å². The van der Waals surface area contributed by atoms with E-state index in [-0.39, 0.29) is 55.4 Å². The van der Waals surface area contributed by atoms with Crippen LogP contribution in [0.5, 0.6) is 5.75 Å². The summed E-state index contributed by atoms with van der Waals surface area (Å²) in [4.78, 5) is 29.1. The first kappa shape index (κ1) is 28.6. The predicted molar refractivity (Wildman–Crippen MR) is 139 cm³/mol. The molecule has 2 aliphatic rings. The Morgan fingerprint density at radius 2 is 1.87 bits per heavy atom. The second-order valence-corrected chi connectivity index (χ2v) is 11.6. The van der Waals surface area contributed by atoms with Crippen LogP contribution in [-0.4, -0.2) is 61.1 Å². The zero-order valence-corrected chi connectivity index (χ0v) is 22.3. The third kappa shape index (κ3) is 6.59. The van der Waals surface area contributed by atoms with Crippen molar-refractivity contribution in [3.63, 3.8) is 0 Å². The van der Waals surface area contributed by atoms with Gasteiger partial charge in [-0.3, -0.25) is 14.6 Å².